The summed E-state index contributed by atoms with van der Waals surface area (Å²) in [4.78, 5) is 18.6. The number of hydrogen-bond donors (Lipinski definition) is 2. The molecule has 7 nitrogen and oxygen atoms in total. The number of carbonyl (C=O) groups is 1. The van der Waals surface area contributed by atoms with E-state index in [1.54, 1.807) is 24.3 Å². The summed E-state index contributed by atoms with van der Waals surface area (Å²) in [5, 5.41) is 15.8. The van der Waals surface area contributed by atoms with Gasteiger partial charge in [0.1, 0.15) is 29.4 Å². The molecule has 2 heterocycles. The van der Waals surface area contributed by atoms with Gasteiger partial charge in [-0.3, -0.25) is 9.48 Å². The molecular weight excluding hydrogens is 399 g/mol. The average molecular weight is 413 g/mol. The number of para-hydroxylation sites is 1. The van der Waals surface area contributed by atoms with Gasteiger partial charge in [-0.25, -0.2) is 23.1 Å². The van der Waals surface area contributed by atoms with Crippen LogP contribution in [0.1, 0.15) is 5.56 Å². The van der Waals surface area contributed by atoms with Crippen molar-refractivity contribution < 1.29 is 23.1 Å². The molecule has 0 aliphatic heterocycles. The molecule has 0 aliphatic carbocycles. The fourth-order valence-corrected chi connectivity index (χ4v) is 3.03. The molecule has 0 saturated carbocycles. The number of halogens is 3. The predicted octanol–water partition coefficient (Wildman–Crippen LogP) is 3.46. The van der Waals surface area contributed by atoms with Crippen LogP contribution in [0.5, 0.6) is 0 Å². The molecule has 0 amide bonds. The molecule has 0 bridgehead atoms. The highest BCUT2D eigenvalue weighted by molar-refractivity contribution is 5.92. The highest BCUT2D eigenvalue weighted by Crippen LogP contribution is 2.29. The van der Waals surface area contributed by atoms with Crippen LogP contribution < -0.4 is 5.32 Å². The van der Waals surface area contributed by atoms with E-state index in [-0.39, 0.29) is 29.4 Å². The molecule has 0 saturated heterocycles. The number of rotatable bonds is 6. The molecule has 10 heteroatoms. The molecule has 0 radical (unpaired) electrons. The molecule has 2 N–H and O–H groups in total. The van der Waals surface area contributed by atoms with Crippen molar-refractivity contribution in [2.24, 2.45) is 0 Å². The van der Waals surface area contributed by atoms with Crippen LogP contribution in [0.25, 0.3) is 22.4 Å². The zero-order valence-corrected chi connectivity index (χ0v) is 15.3. The molecule has 0 fully saturated rings. The van der Waals surface area contributed by atoms with E-state index in [0.29, 0.717) is 10.9 Å². The number of carboxylic acid groups (broad SMARTS) is 1. The Morgan fingerprint density at radius 2 is 1.80 bits per heavy atom. The van der Waals surface area contributed by atoms with Crippen molar-refractivity contribution in [2.45, 2.75) is 6.54 Å². The molecule has 0 atom stereocenters. The summed E-state index contributed by atoms with van der Waals surface area (Å²) in [5.41, 5.74) is 0.573. The highest BCUT2D eigenvalue weighted by atomic mass is 19.1. The number of nitrogens with one attached hydrogen (secondary N) is 1. The van der Waals surface area contributed by atoms with E-state index in [4.69, 9.17) is 5.11 Å². The Morgan fingerprint density at radius 1 is 1.03 bits per heavy atom. The van der Waals surface area contributed by atoms with Crippen LogP contribution in [0.15, 0.2) is 48.7 Å². The van der Waals surface area contributed by atoms with Crippen molar-refractivity contribution in [2.75, 3.05) is 11.9 Å². The van der Waals surface area contributed by atoms with Crippen molar-refractivity contribution in [3.05, 3.63) is 71.7 Å². The molecular formula is C20H14F3N5O2. The summed E-state index contributed by atoms with van der Waals surface area (Å²) in [6.07, 6.45) is 0.869. The maximum absolute atomic E-state index is 14.6. The van der Waals surface area contributed by atoms with Crippen LogP contribution in [-0.4, -0.2) is 37.4 Å². The first-order chi connectivity index (χ1) is 14.4. The zero-order chi connectivity index (χ0) is 21.3. The smallest absolute Gasteiger partial charge is 0.322 e. The number of nitrogens with zero attached hydrogens (tertiary/aromatic N) is 4. The molecule has 4 rings (SSSR count). The lowest BCUT2D eigenvalue weighted by atomic mass is 10.2. The van der Waals surface area contributed by atoms with Gasteiger partial charge in [0.2, 0.25) is 0 Å². The average Bonchev–Trinajstić information content (AvgIpc) is 3.09. The van der Waals surface area contributed by atoms with Crippen molar-refractivity contribution >= 4 is 22.7 Å². The van der Waals surface area contributed by atoms with E-state index < -0.39 is 30.0 Å². The summed E-state index contributed by atoms with van der Waals surface area (Å²) < 4.78 is 43.9. The van der Waals surface area contributed by atoms with E-state index in [9.17, 15) is 18.0 Å². The van der Waals surface area contributed by atoms with Gasteiger partial charge in [0, 0.05) is 10.9 Å². The molecule has 0 spiro atoms. The summed E-state index contributed by atoms with van der Waals surface area (Å²) in [7, 11) is 0. The number of fused-ring (bicyclic) bond motifs is 1. The normalized spacial score (nSPS) is 11.0. The second-order valence-corrected chi connectivity index (χ2v) is 6.37. The van der Waals surface area contributed by atoms with Crippen LogP contribution in [0.4, 0.5) is 19.0 Å². The molecule has 2 aromatic heterocycles. The van der Waals surface area contributed by atoms with E-state index >= 15 is 0 Å². The molecule has 0 unspecified atom stereocenters. The van der Waals surface area contributed by atoms with Crippen molar-refractivity contribution in [1.82, 2.24) is 19.7 Å². The number of aliphatic carboxylic acids is 1. The summed E-state index contributed by atoms with van der Waals surface area (Å²) in [6.45, 7) is -0.597. The largest absolute Gasteiger partial charge is 0.480 e. The Balaban J connectivity index is 1.83. The maximum Gasteiger partial charge on any atom is 0.322 e. The first-order valence-corrected chi connectivity index (χ1v) is 8.81. The number of hydrogen-bond acceptors (Lipinski definition) is 5. The van der Waals surface area contributed by atoms with Gasteiger partial charge in [0.15, 0.2) is 17.5 Å². The van der Waals surface area contributed by atoms with Crippen molar-refractivity contribution in [1.29, 1.82) is 0 Å². The third kappa shape index (κ3) is 3.66. The van der Waals surface area contributed by atoms with Crippen LogP contribution in [0, 0.1) is 17.5 Å². The van der Waals surface area contributed by atoms with Crippen LogP contribution in [0.2, 0.25) is 0 Å². The third-order valence-corrected chi connectivity index (χ3v) is 4.36. The second-order valence-electron chi connectivity index (χ2n) is 6.37. The summed E-state index contributed by atoms with van der Waals surface area (Å²) >= 11 is 0. The third-order valence-electron chi connectivity index (χ3n) is 4.36. The van der Waals surface area contributed by atoms with Gasteiger partial charge in [-0.1, -0.05) is 30.3 Å². The predicted molar refractivity (Wildman–Crippen MR) is 102 cm³/mol. The minimum atomic E-state index is -1.20. The van der Waals surface area contributed by atoms with Crippen molar-refractivity contribution in [3.8, 4) is 11.5 Å². The van der Waals surface area contributed by atoms with Gasteiger partial charge >= 0.3 is 5.97 Å². The van der Waals surface area contributed by atoms with Gasteiger partial charge < -0.3 is 10.4 Å². The van der Waals surface area contributed by atoms with Crippen LogP contribution >= 0.6 is 0 Å². The maximum atomic E-state index is 14.6. The number of anilines is 1. The van der Waals surface area contributed by atoms with E-state index in [1.165, 1.54) is 22.9 Å². The zero-order valence-electron chi connectivity index (χ0n) is 15.3. The second kappa shape index (κ2) is 7.82. The van der Waals surface area contributed by atoms with E-state index in [1.807, 2.05) is 0 Å². The topological polar surface area (TPSA) is 92.9 Å². The van der Waals surface area contributed by atoms with Crippen LogP contribution in [-0.2, 0) is 11.3 Å². The highest BCUT2D eigenvalue weighted by Gasteiger charge is 2.20. The standard InChI is InChI=1S/C20H14F3N5O2/c21-13-6-2-1-4-11(13)10-28-18-12(5-3-7-14(18)22)17(27-28)20-24-8-15(23)19(26-20)25-9-16(29)30/h1-8H,9-10H2,(H,29,30)(H,24,25,26). The minimum absolute atomic E-state index is 0.0350. The lowest BCUT2D eigenvalue weighted by Gasteiger charge is -2.06. The van der Waals surface area contributed by atoms with Crippen molar-refractivity contribution in [3.63, 3.8) is 0 Å². The first kappa shape index (κ1) is 19.4. The van der Waals surface area contributed by atoms with E-state index in [2.05, 4.69) is 20.4 Å². The van der Waals surface area contributed by atoms with Gasteiger partial charge in [-0.05, 0) is 12.1 Å². The van der Waals surface area contributed by atoms with Gasteiger partial charge in [-0.2, -0.15) is 5.10 Å². The Morgan fingerprint density at radius 3 is 2.57 bits per heavy atom. The van der Waals surface area contributed by atoms with Gasteiger partial charge in [-0.15, -0.1) is 0 Å². The molecule has 0 aliphatic rings. The molecule has 30 heavy (non-hydrogen) atoms. The van der Waals surface area contributed by atoms with Gasteiger partial charge in [0.05, 0.1) is 12.7 Å². The SMILES string of the molecule is O=C(O)CNc1nc(-c2nn(Cc3ccccc3F)c3c(F)cccc23)ncc1F. The summed E-state index contributed by atoms with van der Waals surface area (Å²) in [6, 6.07) is 10.4. The Bertz CT molecular complexity index is 1260. The summed E-state index contributed by atoms with van der Waals surface area (Å²) in [5.74, 6) is -3.44. The lowest BCUT2D eigenvalue weighted by molar-refractivity contribution is -0.134. The Kier molecular flexibility index (Phi) is 5.05. The fourth-order valence-electron chi connectivity index (χ4n) is 3.03. The number of benzene rings is 2. The molecule has 152 valence electrons. The van der Waals surface area contributed by atoms with E-state index in [0.717, 1.165) is 6.20 Å². The quantitative estimate of drug-likeness (QED) is 0.503. The monoisotopic (exact) mass is 413 g/mol. The Labute approximate surface area is 167 Å². The van der Waals surface area contributed by atoms with Crippen LogP contribution in [0.3, 0.4) is 0 Å². The fraction of sp³-hybridized carbons (Fsp3) is 0.100. The first-order valence-electron chi connectivity index (χ1n) is 8.81. The number of aromatic nitrogens is 4. The number of carboxylic acids is 1. The Hall–Kier alpha value is -3.95. The molecule has 4 aromatic rings. The lowest BCUT2D eigenvalue weighted by Crippen LogP contribution is -2.15. The van der Waals surface area contributed by atoms with Gasteiger partial charge in [0.25, 0.3) is 0 Å². The minimum Gasteiger partial charge on any atom is -0.480 e. The molecule has 2 aromatic carbocycles.